The minimum absolute atomic E-state index is 0.128. The van der Waals surface area contributed by atoms with Crippen molar-refractivity contribution in [3.05, 3.63) is 30.3 Å². The number of hydrogen-bond donors (Lipinski definition) is 1. The van der Waals surface area contributed by atoms with E-state index in [4.69, 9.17) is 14.2 Å². The van der Waals surface area contributed by atoms with Crippen molar-refractivity contribution >= 4 is 5.69 Å². The second-order valence-corrected chi connectivity index (χ2v) is 6.90. The summed E-state index contributed by atoms with van der Waals surface area (Å²) in [6.07, 6.45) is 8.69. The van der Waals surface area contributed by atoms with Crippen molar-refractivity contribution in [2.24, 2.45) is 5.92 Å². The number of anilines is 1. The molecule has 4 nitrogen and oxygen atoms in total. The summed E-state index contributed by atoms with van der Waals surface area (Å²) >= 11 is 0. The van der Waals surface area contributed by atoms with Gasteiger partial charge in [0.2, 0.25) is 0 Å². The van der Waals surface area contributed by atoms with Gasteiger partial charge in [-0.3, -0.25) is 0 Å². The molecule has 0 aliphatic heterocycles. The van der Waals surface area contributed by atoms with E-state index in [1.807, 2.05) is 39.0 Å². The van der Waals surface area contributed by atoms with E-state index in [-0.39, 0.29) is 5.92 Å². The van der Waals surface area contributed by atoms with Gasteiger partial charge in [-0.05, 0) is 39.3 Å². The van der Waals surface area contributed by atoms with Gasteiger partial charge in [0.1, 0.15) is 0 Å². The first-order valence-corrected chi connectivity index (χ1v) is 10.9. The average molecular weight is 380 g/mol. The smallest absolute Gasteiger partial charge is 0.287 e. The molecule has 1 unspecified atom stereocenters. The number of nitrogens with one attached hydrogen (secondary N) is 1. The van der Waals surface area contributed by atoms with Crippen molar-refractivity contribution in [1.82, 2.24) is 0 Å². The summed E-state index contributed by atoms with van der Waals surface area (Å²) in [4.78, 5) is 0. The van der Waals surface area contributed by atoms with Gasteiger partial charge in [0, 0.05) is 32.1 Å². The van der Waals surface area contributed by atoms with Crippen LogP contribution < -0.4 is 5.32 Å². The molecule has 0 amide bonds. The third-order valence-corrected chi connectivity index (χ3v) is 4.77. The molecule has 0 aliphatic rings. The van der Waals surface area contributed by atoms with Crippen LogP contribution in [0.25, 0.3) is 0 Å². The predicted octanol–water partition coefficient (Wildman–Crippen LogP) is 6.23. The zero-order valence-electron chi connectivity index (χ0n) is 18.0. The molecule has 0 aromatic heterocycles. The summed E-state index contributed by atoms with van der Waals surface area (Å²) < 4.78 is 18.2. The first kappa shape index (κ1) is 23.9. The fourth-order valence-corrected chi connectivity index (χ4v) is 3.45. The molecule has 1 N–H and O–H groups in total. The highest BCUT2D eigenvalue weighted by molar-refractivity contribution is 5.42. The van der Waals surface area contributed by atoms with Crippen LogP contribution in [0.1, 0.15) is 72.6 Å². The highest BCUT2D eigenvalue weighted by Gasteiger charge is 2.41. The lowest BCUT2D eigenvalue weighted by Crippen LogP contribution is -2.49. The Morgan fingerprint density at radius 2 is 1.33 bits per heavy atom. The van der Waals surface area contributed by atoms with E-state index in [2.05, 4.69) is 24.4 Å². The molecule has 0 radical (unpaired) electrons. The van der Waals surface area contributed by atoms with Crippen molar-refractivity contribution in [1.29, 1.82) is 0 Å². The van der Waals surface area contributed by atoms with Crippen molar-refractivity contribution in [3.63, 3.8) is 0 Å². The van der Waals surface area contributed by atoms with Gasteiger partial charge >= 0.3 is 0 Å². The van der Waals surface area contributed by atoms with E-state index < -0.39 is 5.97 Å². The maximum Gasteiger partial charge on any atom is 0.287 e. The number of ether oxygens (including phenoxy) is 3. The molecule has 156 valence electrons. The Labute approximate surface area is 167 Å². The highest BCUT2D eigenvalue weighted by atomic mass is 16.9. The van der Waals surface area contributed by atoms with E-state index in [1.54, 1.807) is 0 Å². The first-order chi connectivity index (χ1) is 13.2. The fourth-order valence-electron chi connectivity index (χ4n) is 3.45. The number of rotatable bonds is 17. The Morgan fingerprint density at radius 1 is 0.778 bits per heavy atom. The molecule has 0 fully saturated rings. The number of para-hydroxylation sites is 1. The first-order valence-electron chi connectivity index (χ1n) is 10.9. The lowest BCUT2D eigenvalue weighted by Gasteiger charge is -2.39. The zero-order valence-corrected chi connectivity index (χ0v) is 18.0. The third kappa shape index (κ3) is 9.09. The molecule has 1 aromatic carbocycles. The second-order valence-electron chi connectivity index (χ2n) is 6.90. The van der Waals surface area contributed by atoms with Crippen molar-refractivity contribution in [2.75, 3.05) is 31.7 Å². The lowest BCUT2D eigenvalue weighted by atomic mass is 9.97. The van der Waals surface area contributed by atoms with Crippen LogP contribution >= 0.6 is 0 Å². The van der Waals surface area contributed by atoms with Gasteiger partial charge in [-0.25, -0.2) is 0 Å². The van der Waals surface area contributed by atoms with Crippen LogP contribution in [-0.2, 0) is 14.2 Å². The van der Waals surface area contributed by atoms with Gasteiger partial charge in [0.25, 0.3) is 5.97 Å². The topological polar surface area (TPSA) is 39.7 Å². The van der Waals surface area contributed by atoms with Crippen molar-refractivity contribution in [2.45, 2.75) is 78.6 Å². The number of unbranched alkanes of at least 4 members (excludes halogenated alkanes) is 5. The molecular weight excluding hydrogens is 338 g/mol. The normalized spacial score (nSPS) is 12.9. The summed E-state index contributed by atoms with van der Waals surface area (Å²) in [5.74, 6) is -0.840. The van der Waals surface area contributed by atoms with Crippen LogP contribution in [-0.4, -0.2) is 32.3 Å². The molecule has 0 aliphatic carbocycles. The number of benzene rings is 1. The lowest BCUT2D eigenvalue weighted by molar-refractivity contribution is -0.400. The monoisotopic (exact) mass is 379 g/mol. The summed E-state index contributed by atoms with van der Waals surface area (Å²) in [5.41, 5.74) is 1.11. The molecule has 1 aromatic rings. The van der Waals surface area contributed by atoms with Crippen molar-refractivity contribution < 1.29 is 14.2 Å². The van der Waals surface area contributed by atoms with E-state index >= 15 is 0 Å². The molecule has 0 heterocycles. The predicted molar refractivity (Wildman–Crippen MR) is 114 cm³/mol. The zero-order chi connectivity index (χ0) is 19.8. The summed E-state index contributed by atoms with van der Waals surface area (Å²) in [5, 5.41) is 3.55. The molecule has 1 atom stereocenters. The molecule has 0 saturated carbocycles. The maximum absolute atomic E-state index is 6.07. The molecule has 4 heteroatoms. The van der Waals surface area contributed by atoms with Crippen LogP contribution in [0.3, 0.4) is 0 Å². The van der Waals surface area contributed by atoms with Gasteiger partial charge in [0.05, 0.1) is 5.92 Å². The average Bonchev–Trinajstić information content (AvgIpc) is 2.68. The van der Waals surface area contributed by atoms with Crippen LogP contribution in [0, 0.1) is 5.92 Å². The summed E-state index contributed by atoms with van der Waals surface area (Å²) in [6.45, 7) is 10.7. The standard InChI is InChI=1S/C23H41NO3/c1-5-9-10-11-12-14-17-21(20-24-22-18-15-13-16-19-22)23(25-6-2,26-7-3)27-8-4/h13,15-16,18-19,21,24H,5-12,14,17,20H2,1-4H3. The van der Waals surface area contributed by atoms with Gasteiger partial charge in [-0.2, -0.15) is 0 Å². The minimum Gasteiger partial charge on any atom is -0.384 e. The quantitative estimate of drug-likeness (QED) is 0.257. The third-order valence-electron chi connectivity index (χ3n) is 4.77. The van der Waals surface area contributed by atoms with E-state index in [0.29, 0.717) is 19.8 Å². The van der Waals surface area contributed by atoms with Crippen LogP contribution in [0.15, 0.2) is 30.3 Å². The Morgan fingerprint density at radius 3 is 1.89 bits per heavy atom. The Kier molecular flexibility index (Phi) is 13.2. The molecule has 27 heavy (non-hydrogen) atoms. The largest absolute Gasteiger partial charge is 0.384 e. The highest BCUT2D eigenvalue weighted by Crippen LogP contribution is 2.31. The van der Waals surface area contributed by atoms with Crippen LogP contribution in [0.4, 0.5) is 5.69 Å². The minimum atomic E-state index is -0.969. The van der Waals surface area contributed by atoms with E-state index in [1.165, 1.54) is 38.5 Å². The Balaban J connectivity index is 2.77. The van der Waals surface area contributed by atoms with Crippen LogP contribution in [0.5, 0.6) is 0 Å². The van der Waals surface area contributed by atoms with Gasteiger partial charge in [-0.15, -0.1) is 0 Å². The van der Waals surface area contributed by atoms with Gasteiger partial charge in [0.15, 0.2) is 0 Å². The van der Waals surface area contributed by atoms with E-state index in [9.17, 15) is 0 Å². The second kappa shape index (κ2) is 14.9. The Bertz CT molecular complexity index is 435. The van der Waals surface area contributed by atoms with Crippen molar-refractivity contribution in [3.8, 4) is 0 Å². The molecular formula is C23H41NO3. The molecule has 1 rings (SSSR count). The van der Waals surface area contributed by atoms with Crippen LogP contribution in [0.2, 0.25) is 0 Å². The molecule has 0 bridgehead atoms. The molecule has 0 saturated heterocycles. The molecule has 0 spiro atoms. The summed E-state index contributed by atoms with van der Waals surface area (Å²) in [7, 11) is 0. The van der Waals surface area contributed by atoms with E-state index in [0.717, 1.165) is 18.7 Å². The SMILES string of the molecule is CCCCCCCCC(CNc1ccccc1)C(OCC)(OCC)OCC. The fraction of sp³-hybridized carbons (Fsp3) is 0.739. The number of hydrogen-bond acceptors (Lipinski definition) is 4. The Hall–Kier alpha value is -1.10. The maximum atomic E-state index is 6.07. The van der Waals surface area contributed by atoms with Gasteiger partial charge < -0.3 is 19.5 Å². The van der Waals surface area contributed by atoms with Gasteiger partial charge in [-0.1, -0.05) is 63.6 Å². The summed E-state index contributed by atoms with van der Waals surface area (Å²) in [6, 6.07) is 10.3.